The summed E-state index contributed by atoms with van der Waals surface area (Å²) in [7, 11) is 2.11. The normalized spacial score (nSPS) is 11.4. The number of aliphatic hydroxyl groups excluding tert-OH is 1. The fourth-order valence-electron chi connectivity index (χ4n) is 3.02. The van der Waals surface area contributed by atoms with E-state index in [2.05, 4.69) is 37.9 Å². The highest BCUT2D eigenvalue weighted by Gasteiger charge is 2.04. The number of halogens is 1. The Kier molecular flexibility index (Phi) is 8.18. The van der Waals surface area contributed by atoms with Gasteiger partial charge in [-0.3, -0.25) is 9.67 Å². The predicted octanol–water partition coefficient (Wildman–Crippen LogP) is 2.00. The number of anilines is 1. The van der Waals surface area contributed by atoms with Gasteiger partial charge in [-0.15, -0.1) is 5.10 Å². The van der Waals surface area contributed by atoms with Gasteiger partial charge in [0.05, 0.1) is 11.2 Å². The van der Waals surface area contributed by atoms with Crippen molar-refractivity contribution in [2.45, 2.75) is 19.5 Å². The highest BCUT2D eigenvalue weighted by molar-refractivity contribution is 6.31. The van der Waals surface area contributed by atoms with E-state index in [1.807, 2.05) is 30.5 Å². The molecule has 0 aliphatic carbocycles. The maximum absolute atomic E-state index is 8.85. The fourth-order valence-corrected chi connectivity index (χ4v) is 3.18. The minimum atomic E-state index is 0.167. The molecule has 3 N–H and O–H groups in total. The van der Waals surface area contributed by atoms with Gasteiger partial charge in [0, 0.05) is 74.4 Å². The lowest BCUT2D eigenvalue weighted by atomic mass is 10.2. The highest BCUT2D eigenvalue weighted by Crippen LogP contribution is 2.24. The van der Waals surface area contributed by atoms with Crippen LogP contribution in [0.15, 0.2) is 36.7 Å². The molecule has 0 amide bonds. The zero-order valence-electron chi connectivity index (χ0n) is 16.7. The number of nitrogens with zero attached hydrogens (tertiary/aromatic N) is 5. The van der Waals surface area contributed by atoms with E-state index < -0.39 is 0 Å². The molecular formula is C20H28ClN7O. The third-order valence-electron chi connectivity index (χ3n) is 4.62. The van der Waals surface area contributed by atoms with Crippen LogP contribution in [0.25, 0.3) is 10.9 Å². The van der Waals surface area contributed by atoms with Crippen LogP contribution in [0.1, 0.15) is 12.1 Å². The molecule has 0 unspecified atom stereocenters. The van der Waals surface area contributed by atoms with E-state index in [1.165, 1.54) is 0 Å². The van der Waals surface area contributed by atoms with Gasteiger partial charge >= 0.3 is 0 Å². The Bertz CT molecular complexity index is 901. The van der Waals surface area contributed by atoms with Crippen molar-refractivity contribution < 1.29 is 5.11 Å². The number of benzene rings is 1. The first-order valence-corrected chi connectivity index (χ1v) is 10.2. The maximum Gasteiger partial charge on any atom is 0.0964 e. The second-order valence-corrected chi connectivity index (χ2v) is 7.41. The van der Waals surface area contributed by atoms with Crippen molar-refractivity contribution in [1.29, 1.82) is 0 Å². The van der Waals surface area contributed by atoms with Gasteiger partial charge in [-0.05, 0) is 37.7 Å². The maximum atomic E-state index is 8.85. The van der Waals surface area contributed by atoms with Crippen molar-refractivity contribution in [3.05, 3.63) is 47.4 Å². The molecular weight excluding hydrogens is 390 g/mol. The summed E-state index contributed by atoms with van der Waals surface area (Å²) in [6.07, 6.45) is 4.41. The average Bonchev–Trinajstić information content (AvgIpc) is 3.17. The summed E-state index contributed by atoms with van der Waals surface area (Å²) < 4.78 is 1.77. The summed E-state index contributed by atoms with van der Waals surface area (Å²) in [4.78, 5) is 6.65. The van der Waals surface area contributed by atoms with Gasteiger partial charge in [0.15, 0.2) is 0 Å². The second-order valence-electron chi connectivity index (χ2n) is 6.98. The van der Waals surface area contributed by atoms with E-state index in [1.54, 1.807) is 10.9 Å². The summed E-state index contributed by atoms with van der Waals surface area (Å²) in [6, 6.07) is 7.76. The molecule has 3 rings (SSSR count). The number of fused-ring (bicyclic) bond motifs is 1. The molecule has 0 atom stereocenters. The molecule has 8 nitrogen and oxygen atoms in total. The van der Waals surface area contributed by atoms with Gasteiger partial charge in [-0.1, -0.05) is 16.8 Å². The standard InChI is InChI=1S/C20H28ClN7O/c1-27(10-7-22-14-17-15-28(26-25-17)9-2-12-29)11-8-24-19-5-6-23-20-13-16(21)3-4-18(19)20/h3-6,13,15,22,29H,2,7-12,14H2,1H3,(H,23,24). The van der Waals surface area contributed by atoms with Crippen molar-refractivity contribution in [2.24, 2.45) is 0 Å². The third kappa shape index (κ3) is 6.64. The van der Waals surface area contributed by atoms with Crippen LogP contribution in [0.4, 0.5) is 5.69 Å². The van der Waals surface area contributed by atoms with Crippen LogP contribution in [-0.2, 0) is 13.1 Å². The molecule has 0 saturated heterocycles. The van der Waals surface area contributed by atoms with Gasteiger partial charge < -0.3 is 20.6 Å². The van der Waals surface area contributed by atoms with Crippen molar-refractivity contribution in [3.8, 4) is 0 Å². The zero-order chi connectivity index (χ0) is 20.5. The Hall–Kier alpha value is -2.26. The molecule has 156 valence electrons. The number of aliphatic hydroxyl groups is 1. The van der Waals surface area contributed by atoms with Crippen molar-refractivity contribution in [2.75, 3.05) is 45.2 Å². The number of hydrogen-bond acceptors (Lipinski definition) is 7. The van der Waals surface area contributed by atoms with Gasteiger partial charge in [-0.2, -0.15) is 0 Å². The van der Waals surface area contributed by atoms with Gasteiger partial charge in [0.25, 0.3) is 0 Å². The number of rotatable bonds is 12. The zero-order valence-corrected chi connectivity index (χ0v) is 17.4. The molecule has 0 radical (unpaired) electrons. The number of aromatic nitrogens is 4. The third-order valence-corrected chi connectivity index (χ3v) is 4.86. The first-order valence-electron chi connectivity index (χ1n) is 9.83. The number of aryl methyl sites for hydroxylation is 1. The lowest BCUT2D eigenvalue weighted by Crippen LogP contribution is -2.32. The summed E-state index contributed by atoms with van der Waals surface area (Å²) in [5.74, 6) is 0. The van der Waals surface area contributed by atoms with Gasteiger partial charge in [0.1, 0.15) is 0 Å². The minimum absolute atomic E-state index is 0.167. The van der Waals surface area contributed by atoms with Crippen LogP contribution in [0.5, 0.6) is 0 Å². The second kappa shape index (κ2) is 11.1. The number of likely N-dealkylation sites (N-methyl/N-ethyl adjacent to an activating group) is 1. The summed E-state index contributed by atoms with van der Waals surface area (Å²) >= 11 is 6.05. The largest absolute Gasteiger partial charge is 0.396 e. The van der Waals surface area contributed by atoms with E-state index in [0.717, 1.165) is 48.5 Å². The smallest absolute Gasteiger partial charge is 0.0964 e. The van der Waals surface area contributed by atoms with Crippen LogP contribution < -0.4 is 10.6 Å². The molecule has 0 saturated carbocycles. The van der Waals surface area contributed by atoms with Crippen molar-refractivity contribution >= 4 is 28.2 Å². The predicted molar refractivity (Wildman–Crippen MR) is 116 cm³/mol. The topological polar surface area (TPSA) is 91.1 Å². The molecule has 0 fully saturated rings. The fraction of sp³-hybridized carbons (Fsp3) is 0.450. The van der Waals surface area contributed by atoms with Gasteiger partial charge in [0.2, 0.25) is 0 Å². The van der Waals surface area contributed by atoms with E-state index in [-0.39, 0.29) is 6.61 Å². The molecule has 2 aromatic heterocycles. The number of pyridine rings is 1. The monoisotopic (exact) mass is 417 g/mol. The van der Waals surface area contributed by atoms with Crippen LogP contribution in [-0.4, -0.2) is 69.8 Å². The van der Waals surface area contributed by atoms with Crippen molar-refractivity contribution in [3.63, 3.8) is 0 Å². The molecule has 29 heavy (non-hydrogen) atoms. The number of hydrogen-bond donors (Lipinski definition) is 3. The molecule has 0 aliphatic rings. The van der Waals surface area contributed by atoms with Crippen LogP contribution in [0.2, 0.25) is 5.02 Å². The van der Waals surface area contributed by atoms with E-state index in [0.29, 0.717) is 24.5 Å². The van der Waals surface area contributed by atoms with Crippen LogP contribution >= 0.6 is 11.6 Å². The average molecular weight is 418 g/mol. The first kappa shape index (κ1) is 21.4. The number of nitrogens with one attached hydrogen (secondary N) is 2. The highest BCUT2D eigenvalue weighted by atomic mass is 35.5. The summed E-state index contributed by atoms with van der Waals surface area (Å²) in [5.41, 5.74) is 2.88. The van der Waals surface area contributed by atoms with E-state index >= 15 is 0 Å². The SMILES string of the molecule is CN(CCNCc1cn(CCCO)nn1)CCNc1ccnc2cc(Cl)ccc12. The van der Waals surface area contributed by atoms with Gasteiger partial charge in [-0.25, -0.2) is 0 Å². The molecule has 3 aromatic rings. The van der Waals surface area contributed by atoms with Crippen LogP contribution in [0.3, 0.4) is 0 Å². The lowest BCUT2D eigenvalue weighted by molar-refractivity contribution is 0.276. The van der Waals surface area contributed by atoms with Crippen molar-refractivity contribution in [1.82, 2.24) is 30.2 Å². The molecule has 2 heterocycles. The molecule has 0 bridgehead atoms. The summed E-state index contributed by atoms with van der Waals surface area (Å²) in [5, 5.41) is 25.7. The lowest BCUT2D eigenvalue weighted by Gasteiger charge is -2.18. The van der Waals surface area contributed by atoms with E-state index in [4.69, 9.17) is 16.7 Å². The molecule has 1 aromatic carbocycles. The quantitative estimate of drug-likeness (QED) is 0.388. The van der Waals surface area contributed by atoms with Crippen LogP contribution in [0, 0.1) is 0 Å². The first-order chi connectivity index (χ1) is 14.2. The Morgan fingerprint density at radius 3 is 2.93 bits per heavy atom. The van der Waals surface area contributed by atoms with E-state index in [9.17, 15) is 0 Å². The summed E-state index contributed by atoms with van der Waals surface area (Å²) in [6.45, 7) is 5.13. The Balaban J connectivity index is 1.34. The molecule has 0 spiro atoms. The Labute approximate surface area is 175 Å². The minimum Gasteiger partial charge on any atom is -0.396 e. The Morgan fingerprint density at radius 1 is 1.21 bits per heavy atom. The molecule has 0 aliphatic heterocycles. The Morgan fingerprint density at radius 2 is 2.07 bits per heavy atom. The molecule has 9 heteroatoms.